The molecule has 2 saturated heterocycles. The molecule has 0 bridgehead atoms. The monoisotopic (exact) mass is 470 g/mol. The molecule has 3 aromatic heterocycles. The number of benzene rings is 1. The van der Waals surface area contributed by atoms with Crippen LogP contribution in [0.5, 0.6) is 5.75 Å². The van der Waals surface area contributed by atoms with Crippen molar-refractivity contribution in [2.24, 2.45) is 7.05 Å². The summed E-state index contributed by atoms with van der Waals surface area (Å²) in [6, 6.07) is 9.80. The van der Waals surface area contributed by atoms with Crippen molar-refractivity contribution in [1.29, 1.82) is 0 Å². The summed E-state index contributed by atoms with van der Waals surface area (Å²) in [4.78, 5) is 18.6. The Hall–Kier alpha value is -3.85. The zero-order valence-electron chi connectivity index (χ0n) is 20.3. The van der Waals surface area contributed by atoms with Crippen LogP contribution < -0.4 is 20.7 Å². The van der Waals surface area contributed by atoms with E-state index < -0.39 is 0 Å². The number of fused-ring (bicyclic) bond motifs is 1. The highest BCUT2D eigenvalue weighted by Crippen LogP contribution is 2.44. The number of aryl methyl sites for hydroxylation is 1. The maximum absolute atomic E-state index is 6.51. The molecule has 2 fully saturated rings. The van der Waals surface area contributed by atoms with E-state index in [-0.39, 0.29) is 0 Å². The van der Waals surface area contributed by atoms with Gasteiger partial charge in [-0.05, 0) is 50.7 Å². The quantitative estimate of drug-likeness (QED) is 0.427. The highest BCUT2D eigenvalue weighted by Gasteiger charge is 2.49. The first kappa shape index (κ1) is 21.7. The van der Waals surface area contributed by atoms with E-state index in [1.807, 2.05) is 43.6 Å². The first-order valence-electron chi connectivity index (χ1n) is 11.9. The zero-order chi connectivity index (χ0) is 24.2. The van der Waals surface area contributed by atoms with Crippen LogP contribution in [0.2, 0.25) is 0 Å². The predicted octanol–water partition coefficient (Wildman–Crippen LogP) is 3.65. The van der Waals surface area contributed by atoms with Gasteiger partial charge >= 0.3 is 0 Å². The van der Waals surface area contributed by atoms with Crippen LogP contribution in [0.4, 0.5) is 23.0 Å². The standard InChI is InChI=1S/C26H30N8O/c1-32-14-17(24-21(32)6-4-9-28-24)19-7-10-29-25(30-19)31-20-12-18(27)22(13-23(20)35-3)34-15-26(16-34)8-5-11-33(26)2/h4,6-7,9-10,12-14H,5,8,11,15-16,27H2,1-3H3,(H,29,30,31). The molecule has 9 nitrogen and oxygen atoms in total. The molecular weight excluding hydrogens is 440 g/mol. The third-order valence-electron chi connectivity index (χ3n) is 7.53. The third-order valence-corrected chi connectivity index (χ3v) is 7.53. The summed E-state index contributed by atoms with van der Waals surface area (Å²) >= 11 is 0. The van der Waals surface area contributed by atoms with Crippen molar-refractivity contribution in [1.82, 2.24) is 24.4 Å². The summed E-state index contributed by atoms with van der Waals surface area (Å²) in [5, 5.41) is 3.31. The Morgan fingerprint density at radius 1 is 1.11 bits per heavy atom. The van der Waals surface area contributed by atoms with Gasteiger partial charge in [0.2, 0.25) is 5.95 Å². The maximum Gasteiger partial charge on any atom is 0.227 e. The molecule has 9 heteroatoms. The van der Waals surface area contributed by atoms with Crippen molar-refractivity contribution in [3.05, 3.63) is 48.9 Å². The van der Waals surface area contributed by atoms with E-state index >= 15 is 0 Å². The largest absolute Gasteiger partial charge is 0.494 e. The molecule has 4 aromatic rings. The van der Waals surface area contributed by atoms with Crippen molar-refractivity contribution >= 4 is 34.0 Å². The SMILES string of the molecule is COc1cc(N2CC3(CCCN3C)C2)c(N)cc1Nc1nccc(-c2cn(C)c3cccnc23)n1. The predicted molar refractivity (Wildman–Crippen MR) is 139 cm³/mol. The van der Waals surface area contributed by atoms with E-state index in [4.69, 9.17) is 15.5 Å². The highest BCUT2D eigenvalue weighted by atomic mass is 16.5. The molecule has 2 aliphatic heterocycles. The Bertz CT molecular complexity index is 1410. The van der Waals surface area contributed by atoms with Crippen LogP contribution >= 0.6 is 0 Å². The normalized spacial score (nSPS) is 17.2. The molecule has 6 rings (SSSR count). The summed E-state index contributed by atoms with van der Waals surface area (Å²) in [6.07, 6.45) is 8.09. The number of likely N-dealkylation sites (tertiary alicyclic amines) is 1. The molecule has 2 aliphatic rings. The second kappa shape index (κ2) is 8.13. The fourth-order valence-electron chi connectivity index (χ4n) is 5.52. The first-order valence-corrected chi connectivity index (χ1v) is 11.9. The first-order chi connectivity index (χ1) is 17.0. The molecule has 1 aromatic carbocycles. The molecule has 3 N–H and O–H groups in total. The fourth-order valence-corrected chi connectivity index (χ4v) is 5.52. The van der Waals surface area contributed by atoms with Crippen molar-refractivity contribution in [2.75, 3.05) is 49.7 Å². The topological polar surface area (TPSA) is 97.4 Å². The van der Waals surface area contributed by atoms with Gasteiger partial charge in [-0.25, -0.2) is 9.97 Å². The smallest absolute Gasteiger partial charge is 0.227 e. The summed E-state index contributed by atoms with van der Waals surface area (Å²) in [5.74, 6) is 1.17. The molecule has 1 spiro atoms. The number of nitrogens with zero attached hydrogens (tertiary/aromatic N) is 6. The van der Waals surface area contributed by atoms with Crippen LogP contribution in [0.15, 0.2) is 48.9 Å². The van der Waals surface area contributed by atoms with Gasteiger partial charge in [0.1, 0.15) is 5.75 Å². The second-order valence-electron chi connectivity index (χ2n) is 9.63. The summed E-state index contributed by atoms with van der Waals surface area (Å²) < 4.78 is 7.78. The van der Waals surface area contributed by atoms with E-state index in [1.165, 1.54) is 19.4 Å². The molecular formula is C26H30N8O. The lowest BCUT2D eigenvalue weighted by Crippen LogP contribution is -2.67. The van der Waals surface area contributed by atoms with Crippen LogP contribution in [0.1, 0.15) is 12.8 Å². The Morgan fingerprint density at radius 3 is 2.74 bits per heavy atom. The number of nitrogens with two attached hydrogens (primary N) is 1. The minimum absolute atomic E-state index is 0.293. The average molecular weight is 471 g/mol. The van der Waals surface area contributed by atoms with Crippen molar-refractivity contribution < 1.29 is 4.74 Å². The number of nitrogens with one attached hydrogen (secondary N) is 1. The van der Waals surface area contributed by atoms with Gasteiger partial charge in [0, 0.05) is 50.4 Å². The number of hydrogen-bond acceptors (Lipinski definition) is 8. The van der Waals surface area contributed by atoms with E-state index in [1.54, 1.807) is 19.5 Å². The number of pyridine rings is 1. The van der Waals surface area contributed by atoms with E-state index in [2.05, 4.69) is 36.7 Å². The number of anilines is 4. The van der Waals surface area contributed by atoms with Crippen molar-refractivity contribution in [3.8, 4) is 17.0 Å². The van der Waals surface area contributed by atoms with Gasteiger partial charge in [-0.15, -0.1) is 0 Å². The van der Waals surface area contributed by atoms with Crippen LogP contribution in [-0.4, -0.2) is 63.7 Å². The van der Waals surface area contributed by atoms with Crippen LogP contribution in [-0.2, 0) is 7.05 Å². The second-order valence-corrected chi connectivity index (χ2v) is 9.63. The lowest BCUT2D eigenvalue weighted by Gasteiger charge is -2.53. The minimum atomic E-state index is 0.293. The molecule has 5 heterocycles. The summed E-state index contributed by atoms with van der Waals surface area (Å²) in [6.45, 7) is 3.16. The third kappa shape index (κ3) is 3.54. The summed E-state index contributed by atoms with van der Waals surface area (Å²) in [5.41, 5.74) is 13.0. The number of aromatic nitrogens is 4. The molecule has 0 aliphatic carbocycles. The van der Waals surface area contributed by atoms with Gasteiger partial charge in [-0.2, -0.15) is 0 Å². The molecule has 0 unspecified atom stereocenters. The Labute approximate surface area is 204 Å². The molecule has 180 valence electrons. The van der Waals surface area contributed by atoms with Gasteiger partial charge in [0.25, 0.3) is 0 Å². The lowest BCUT2D eigenvalue weighted by molar-refractivity contribution is 0.133. The Kier molecular flexibility index (Phi) is 5.03. The fraction of sp³-hybridized carbons (Fsp3) is 0.346. The number of nitrogen functional groups attached to an aromatic ring is 1. The van der Waals surface area contributed by atoms with Crippen LogP contribution in [0.25, 0.3) is 22.3 Å². The molecule has 35 heavy (non-hydrogen) atoms. The number of methoxy groups -OCH3 is 1. The van der Waals surface area contributed by atoms with Crippen molar-refractivity contribution in [3.63, 3.8) is 0 Å². The number of rotatable bonds is 5. The van der Waals surface area contributed by atoms with Crippen molar-refractivity contribution in [2.45, 2.75) is 18.4 Å². The molecule has 0 amide bonds. The number of ether oxygens (including phenoxy) is 1. The van der Waals surface area contributed by atoms with E-state index in [0.717, 1.165) is 46.8 Å². The van der Waals surface area contributed by atoms with Gasteiger partial charge < -0.3 is 25.3 Å². The number of likely N-dealkylation sites (N-methyl/N-ethyl adjacent to an activating group) is 1. The van der Waals surface area contributed by atoms with Crippen LogP contribution in [0, 0.1) is 0 Å². The van der Waals surface area contributed by atoms with E-state index in [0.29, 0.717) is 22.9 Å². The van der Waals surface area contributed by atoms with Crippen LogP contribution in [0.3, 0.4) is 0 Å². The van der Waals surface area contributed by atoms with Gasteiger partial charge in [-0.3, -0.25) is 9.88 Å². The molecule has 0 saturated carbocycles. The molecule has 0 atom stereocenters. The maximum atomic E-state index is 6.51. The zero-order valence-corrected chi connectivity index (χ0v) is 20.3. The van der Waals surface area contributed by atoms with E-state index in [9.17, 15) is 0 Å². The summed E-state index contributed by atoms with van der Waals surface area (Å²) in [7, 11) is 5.90. The number of hydrogen-bond donors (Lipinski definition) is 2. The lowest BCUT2D eigenvalue weighted by atomic mass is 9.86. The van der Waals surface area contributed by atoms with Gasteiger partial charge in [0.05, 0.1) is 46.4 Å². The average Bonchev–Trinajstić information content (AvgIpc) is 3.39. The Balaban J connectivity index is 1.27. The molecule has 0 radical (unpaired) electrons. The minimum Gasteiger partial charge on any atom is -0.494 e. The highest BCUT2D eigenvalue weighted by molar-refractivity contribution is 5.92. The Morgan fingerprint density at radius 2 is 1.97 bits per heavy atom. The van der Waals surface area contributed by atoms with Gasteiger partial charge in [-0.1, -0.05) is 0 Å². The van der Waals surface area contributed by atoms with Gasteiger partial charge in [0.15, 0.2) is 0 Å².